The number of carbonyl (C=O) groups is 1. The van der Waals surface area contributed by atoms with Crippen molar-refractivity contribution < 1.29 is 17.6 Å². The van der Waals surface area contributed by atoms with Crippen LogP contribution < -0.4 is 10.3 Å². The van der Waals surface area contributed by atoms with Crippen LogP contribution in [0.25, 0.3) is 0 Å². The normalized spacial score (nSPS) is 14.1. The van der Waals surface area contributed by atoms with E-state index < -0.39 is 21.7 Å². The van der Waals surface area contributed by atoms with Crippen molar-refractivity contribution >= 4 is 50.3 Å². The first-order valence-electron chi connectivity index (χ1n) is 6.93. The van der Waals surface area contributed by atoms with Gasteiger partial charge in [-0.05, 0) is 12.8 Å². The van der Waals surface area contributed by atoms with Gasteiger partial charge in [-0.25, -0.2) is 13.4 Å². The smallest absolute Gasteiger partial charge is 0.255 e. The lowest BCUT2D eigenvalue weighted by molar-refractivity contribution is -0.121. The molecule has 1 aliphatic carbocycles. The molecule has 1 heterocycles. The molecule has 0 bridgehead atoms. The summed E-state index contributed by atoms with van der Waals surface area (Å²) in [5.74, 6) is -0.958. The van der Waals surface area contributed by atoms with E-state index in [0.29, 0.717) is 4.99 Å². The molecule has 0 unspecified atom stereocenters. The molecule has 0 atom stereocenters. The minimum atomic E-state index is -3.95. The van der Waals surface area contributed by atoms with E-state index >= 15 is 0 Å². The Hall–Kier alpha value is -1.63. The molecule has 1 aromatic rings. The molecular formula is C12H17N5O4S3. The molecule has 0 aliphatic heterocycles. The van der Waals surface area contributed by atoms with Crippen LogP contribution >= 0.6 is 24.4 Å². The van der Waals surface area contributed by atoms with Gasteiger partial charge in [0.1, 0.15) is 5.75 Å². The van der Waals surface area contributed by atoms with Crippen molar-refractivity contribution in [3.8, 4) is 0 Å². The number of hydrogen-bond acceptors (Lipinski definition) is 7. The number of nitrogens with zero attached hydrogens (tertiary/aromatic N) is 3. The van der Waals surface area contributed by atoms with Crippen molar-refractivity contribution in [2.45, 2.75) is 12.8 Å². The van der Waals surface area contributed by atoms with Gasteiger partial charge in [0.25, 0.3) is 5.91 Å². The Bertz CT molecular complexity index is 730. The largest absolute Gasteiger partial charge is 0.441 e. The molecule has 2 N–H and O–H groups in total. The topological polar surface area (TPSA) is 108 Å². The second-order valence-electron chi connectivity index (χ2n) is 5.29. The average Bonchev–Trinajstić information content (AvgIpc) is 3.18. The van der Waals surface area contributed by atoms with E-state index in [0.717, 1.165) is 17.9 Å². The fraction of sp³-hybridized carbons (Fsp3) is 0.500. The molecule has 0 saturated heterocycles. The molecule has 1 aromatic heterocycles. The molecule has 9 nitrogen and oxygen atoms in total. The Morgan fingerprint density at radius 1 is 1.38 bits per heavy atom. The maximum atomic E-state index is 12.1. The van der Waals surface area contributed by atoms with Crippen LogP contribution in [0.5, 0.6) is 0 Å². The van der Waals surface area contributed by atoms with Crippen molar-refractivity contribution in [1.29, 1.82) is 0 Å². The highest BCUT2D eigenvalue weighted by atomic mass is 32.2. The van der Waals surface area contributed by atoms with E-state index in [2.05, 4.69) is 15.2 Å². The third-order valence-corrected chi connectivity index (χ3v) is 5.37. The van der Waals surface area contributed by atoms with Crippen LogP contribution in [0.2, 0.25) is 0 Å². The number of hydrazine groups is 2. The Kier molecular flexibility index (Phi) is 5.85. The Morgan fingerprint density at radius 2 is 2.04 bits per heavy atom. The molecule has 2 rings (SSSR count). The molecule has 24 heavy (non-hydrogen) atoms. The number of rotatable bonds is 6. The van der Waals surface area contributed by atoms with E-state index in [4.69, 9.17) is 28.9 Å². The van der Waals surface area contributed by atoms with Crippen molar-refractivity contribution in [2.24, 2.45) is 5.92 Å². The number of hydrogen-bond donors (Lipinski definition) is 2. The predicted octanol–water partition coefficient (Wildman–Crippen LogP) is -0.183. The summed E-state index contributed by atoms with van der Waals surface area (Å²) in [6, 6.07) is 0. The van der Waals surface area contributed by atoms with Gasteiger partial charge in [0.2, 0.25) is 10.0 Å². The van der Waals surface area contributed by atoms with Crippen molar-refractivity contribution in [3.63, 3.8) is 0 Å². The first kappa shape index (κ1) is 18.7. The molecule has 0 spiro atoms. The number of carbonyl (C=O) groups excluding carboxylic acids is 1. The van der Waals surface area contributed by atoms with Gasteiger partial charge in [0.15, 0.2) is 17.1 Å². The van der Waals surface area contributed by atoms with Crippen LogP contribution in [0.1, 0.15) is 18.6 Å². The lowest BCUT2D eigenvalue weighted by Gasteiger charge is -2.22. The third-order valence-electron chi connectivity index (χ3n) is 3.09. The molecule has 1 saturated carbocycles. The molecule has 1 aliphatic rings. The molecule has 1 amide bonds. The fourth-order valence-electron chi connectivity index (χ4n) is 1.82. The minimum absolute atomic E-state index is 0.0866. The quantitative estimate of drug-likeness (QED) is 0.504. The van der Waals surface area contributed by atoms with Crippen LogP contribution in [0.3, 0.4) is 0 Å². The standard InChI is InChI=1S/C12H17N5O4S3/c1-16(11(22)8-3-4-8)14-10(18)6-24(19,20)15-17(2)12(23)9-5-13-7-21-9/h5,7-8,15H,3-4,6H2,1-2H3,(H,14,18). The summed E-state index contributed by atoms with van der Waals surface area (Å²) in [5, 5.41) is 2.45. The summed E-state index contributed by atoms with van der Waals surface area (Å²) < 4.78 is 29.1. The highest BCUT2D eigenvalue weighted by Crippen LogP contribution is 2.31. The van der Waals surface area contributed by atoms with Crippen molar-refractivity contribution in [2.75, 3.05) is 19.8 Å². The van der Waals surface area contributed by atoms with Crippen LogP contribution in [0, 0.1) is 5.92 Å². The maximum absolute atomic E-state index is 12.1. The monoisotopic (exact) mass is 391 g/mol. The maximum Gasteiger partial charge on any atom is 0.255 e. The minimum Gasteiger partial charge on any atom is -0.441 e. The number of oxazole rings is 1. The van der Waals surface area contributed by atoms with Crippen molar-refractivity contribution in [1.82, 2.24) is 25.3 Å². The van der Waals surface area contributed by atoms with Gasteiger partial charge in [0.05, 0.1) is 11.2 Å². The highest BCUT2D eigenvalue weighted by molar-refractivity contribution is 7.90. The number of aromatic nitrogens is 1. The lowest BCUT2D eigenvalue weighted by atomic mass is 10.4. The summed E-state index contributed by atoms with van der Waals surface area (Å²) in [7, 11) is -0.963. The third kappa shape index (κ3) is 5.19. The molecule has 12 heteroatoms. The SMILES string of the molecule is CN(NS(=O)(=O)CC(=O)NN(C)C(=S)C1CC1)C(=S)c1cnco1. The molecule has 0 radical (unpaired) electrons. The van der Waals surface area contributed by atoms with Crippen LogP contribution in [-0.2, 0) is 14.8 Å². The summed E-state index contributed by atoms with van der Waals surface area (Å²) in [6.45, 7) is 0. The van der Waals surface area contributed by atoms with Crippen molar-refractivity contribution in [3.05, 3.63) is 18.4 Å². The van der Waals surface area contributed by atoms with Gasteiger partial charge < -0.3 is 4.42 Å². The van der Waals surface area contributed by atoms with Gasteiger partial charge in [-0.1, -0.05) is 24.4 Å². The van der Waals surface area contributed by atoms with Gasteiger partial charge in [-0.15, -0.1) is 4.83 Å². The van der Waals surface area contributed by atoms with Gasteiger partial charge in [0, 0.05) is 20.0 Å². The summed E-state index contributed by atoms with van der Waals surface area (Å²) in [6.07, 6.45) is 4.51. The Morgan fingerprint density at radius 3 is 2.58 bits per heavy atom. The van der Waals surface area contributed by atoms with Gasteiger partial charge in [-0.2, -0.15) is 0 Å². The second-order valence-corrected chi connectivity index (χ2v) is 7.79. The van der Waals surface area contributed by atoms with Gasteiger partial charge >= 0.3 is 0 Å². The number of sulfonamides is 1. The van der Waals surface area contributed by atoms with Crippen LogP contribution in [0.4, 0.5) is 0 Å². The zero-order chi connectivity index (χ0) is 17.9. The van der Waals surface area contributed by atoms with E-state index in [1.807, 2.05) is 0 Å². The number of nitrogens with one attached hydrogen (secondary N) is 2. The second kappa shape index (κ2) is 7.51. The Labute approximate surface area is 150 Å². The summed E-state index contributed by atoms with van der Waals surface area (Å²) in [4.78, 5) is 18.4. The van der Waals surface area contributed by atoms with E-state index in [-0.39, 0.29) is 16.7 Å². The zero-order valence-electron chi connectivity index (χ0n) is 13.1. The number of amides is 1. The van der Waals surface area contributed by atoms with Crippen LogP contribution in [-0.4, -0.2) is 59.2 Å². The average molecular weight is 392 g/mol. The fourth-order valence-corrected chi connectivity index (χ4v) is 3.29. The first-order valence-corrected chi connectivity index (χ1v) is 9.40. The molecular weight excluding hydrogens is 374 g/mol. The predicted molar refractivity (Wildman–Crippen MR) is 94.1 cm³/mol. The van der Waals surface area contributed by atoms with E-state index in [1.54, 1.807) is 7.05 Å². The summed E-state index contributed by atoms with van der Waals surface area (Å²) in [5.41, 5.74) is 2.44. The molecule has 132 valence electrons. The highest BCUT2D eigenvalue weighted by Gasteiger charge is 2.30. The number of thiocarbonyl (C=S) groups is 2. The van der Waals surface area contributed by atoms with Gasteiger partial charge in [-0.3, -0.25) is 20.2 Å². The Balaban J connectivity index is 1.86. The van der Waals surface area contributed by atoms with E-state index in [1.165, 1.54) is 24.6 Å². The van der Waals surface area contributed by atoms with E-state index in [9.17, 15) is 13.2 Å². The zero-order valence-corrected chi connectivity index (χ0v) is 15.5. The molecule has 1 fully saturated rings. The lowest BCUT2D eigenvalue weighted by Crippen LogP contribution is -2.49. The summed E-state index contributed by atoms with van der Waals surface area (Å²) >= 11 is 10.2. The van der Waals surface area contributed by atoms with Crippen LogP contribution in [0.15, 0.2) is 17.0 Å². The first-order chi connectivity index (χ1) is 11.2. The molecule has 0 aromatic carbocycles.